The minimum atomic E-state index is -4.39. The third-order valence-corrected chi connectivity index (χ3v) is 3.43. The van der Waals surface area contributed by atoms with Crippen LogP contribution in [0.5, 0.6) is 5.75 Å². The van der Waals surface area contributed by atoms with E-state index in [1.54, 1.807) is 12.1 Å². The van der Waals surface area contributed by atoms with Crippen LogP contribution in [0.25, 0.3) is 0 Å². The molecule has 136 valence electrons. The highest BCUT2D eigenvalue weighted by molar-refractivity contribution is 5.85. The van der Waals surface area contributed by atoms with E-state index in [4.69, 9.17) is 10.5 Å². The van der Waals surface area contributed by atoms with Crippen molar-refractivity contribution in [3.8, 4) is 5.75 Å². The largest absolute Gasteiger partial charge is 0.484 e. The minimum absolute atomic E-state index is 0. The molecular formula is C15H20ClF3N2O3. The maximum absolute atomic E-state index is 12.1. The lowest BCUT2D eigenvalue weighted by atomic mass is 10.1. The molecule has 0 spiro atoms. The molecule has 2 rings (SSSR count). The molecule has 3 N–H and O–H groups in total. The summed E-state index contributed by atoms with van der Waals surface area (Å²) in [5.41, 5.74) is 6.13. The number of amides is 1. The predicted octanol–water partition coefficient (Wildman–Crippen LogP) is 2.17. The Labute approximate surface area is 144 Å². The highest BCUT2D eigenvalue weighted by atomic mass is 35.5. The molecule has 24 heavy (non-hydrogen) atoms. The van der Waals surface area contributed by atoms with Gasteiger partial charge in [-0.2, -0.15) is 13.2 Å². The molecule has 1 aliphatic heterocycles. The van der Waals surface area contributed by atoms with Gasteiger partial charge < -0.3 is 20.5 Å². The highest BCUT2D eigenvalue weighted by Gasteiger charge is 2.30. The summed E-state index contributed by atoms with van der Waals surface area (Å²) in [6.45, 7) is -0.781. The number of ether oxygens (including phenoxy) is 2. The fraction of sp³-hybridized carbons (Fsp3) is 0.533. The smallest absolute Gasteiger partial charge is 0.422 e. The van der Waals surface area contributed by atoms with Crippen LogP contribution in [0, 0.1) is 0 Å². The number of carbonyl (C=O) groups excluding carboxylic acids is 1. The zero-order valence-electron chi connectivity index (χ0n) is 12.8. The Kier molecular flexibility index (Phi) is 7.78. The summed E-state index contributed by atoms with van der Waals surface area (Å²) >= 11 is 0. The Morgan fingerprint density at radius 2 is 2.12 bits per heavy atom. The molecule has 0 saturated carbocycles. The summed E-state index contributed by atoms with van der Waals surface area (Å²) < 4.78 is 46.5. The molecule has 0 bridgehead atoms. The third kappa shape index (κ3) is 6.54. The molecule has 0 aromatic heterocycles. The van der Waals surface area contributed by atoms with E-state index in [0.717, 1.165) is 6.42 Å². The van der Waals surface area contributed by atoms with Gasteiger partial charge in [0.1, 0.15) is 11.9 Å². The standard InChI is InChI=1S/C15H19F3N2O3.ClH/c16-15(17,18)9-22-11-3-1-2-10(6-11)8-20-14(21)13-5-4-12(7-19)23-13;/h1-3,6,12-13H,4-5,7-9,19H2,(H,20,21);1H/t12-,13+;/m1./s1. The van der Waals surface area contributed by atoms with Crippen molar-refractivity contribution in [1.29, 1.82) is 0 Å². The SMILES string of the molecule is Cl.NC[C@H]1CC[C@@H](C(=O)NCc2cccc(OCC(F)(F)F)c2)O1. The predicted molar refractivity (Wildman–Crippen MR) is 84.0 cm³/mol. The van der Waals surface area contributed by atoms with Crippen molar-refractivity contribution < 1.29 is 27.4 Å². The molecule has 1 fully saturated rings. The summed E-state index contributed by atoms with van der Waals surface area (Å²) in [5.74, 6) is -0.142. The van der Waals surface area contributed by atoms with Gasteiger partial charge in [0.15, 0.2) is 6.61 Å². The van der Waals surface area contributed by atoms with Gasteiger partial charge >= 0.3 is 6.18 Å². The number of halogens is 4. The monoisotopic (exact) mass is 368 g/mol. The second-order valence-corrected chi connectivity index (χ2v) is 5.33. The fourth-order valence-corrected chi connectivity index (χ4v) is 2.29. The highest BCUT2D eigenvalue weighted by Crippen LogP contribution is 2.20. The van der Waals surface area contributed by atoms with E-state index < -0.39 is 18.9 Å². The topological polar surface area (TPSA) is 73.6 Å². The Balaban J connectivity index is 0.00000288. The molecule has 1 aromatic rings. The number of nitrogens with one attached hydrogen (secondary N) is 1. The van der Waals surface area contributed by atoms with Crippen molar-refractivity contribution in [1.82, 2.24) is 5.32 Å². The molecule has 1 heterocycles. The quantitative estimate of drug-likeness (QED) is 0.807. The van der Waals surface area contributed by atoms with Gasteiger partial charge in [-0.1, -0.05) is 12.1 Å². The number of hydrogen-bond donors (Lipinski definition) is 2. The second kappa shape index (κ2) is 9.10. The van der Waals surface area contributed by atoms with Crippen LogP contribution < -0.4 is 15.8 Å². The van der Waals surface area contributed by atoms with Crippen LogP contribution in [0.2, 0.25) is 0 Å². The van der Waals surface area contributed by atoms with E-state index >= 15 is 0 Å². The molecule has 2 atom stereocenters. The second-order valence-electron chi connectivity index (χ2n) is 5.33. The van der Waals surface area contributed by atoms with E-state index in [-0.39, 0.29) is 36.7 Å². The summed E-state index contributed by atoms with van der Waals surface area (Å²) in [4.78, 5) is 12.0. The van der Waals surface area contributed by atoms with Crippen molar-refractivity contribution in [3.05, 3.63) is 29.8 Å². The zero-order valence-corrected chi connectivity index (χ0v) is 13.7. The van der Waals surface area contributed by atoms with Crippen LogP contribution in [0.3, 0.4) is 0 Å². The van der Waals surface area contributed by atoms with Gasteiger partial charge in [0.25, 0.3) is 0 Å². The van der Waals surface area contributed by atoms with Crippen molar-refractivity contribution in [3.63, 3.8) is 0 Å². The third-order valence-electron chi connectivity index (χ3n) is 3.43. The zero-order chi connectivity index (χ0) is 16.9. The molecule has 5 nitrogen and oxygen atoms in total. The van der Waals surface area contributed by atoms with Crippen LogP contribution in [-0.2, 0) is 16.1 Å². The van der Waals surface area contributed by atoms with E-state index in [0.29, 0.717) is 18.5 Å². The van der Waals surface area contributed by atoms with Crippen LogP contribution >= 0.6 is 12.4 Å². The Hall–Kier alpha value is -1.51. The first-order valence-electron chi connectivity index (χ1n) is 7.29. The normalized spacial score (nSPS) is 20.3. The lowest BCUT2D eigenvalue weighted by Gasteiger charge is -2.13. The van der Waals surface area contributed by atoms with Gasteiger partial charge in [0.2, 0.25) is 5.91 Å². The number of nitrogens with two attached hydrogens (primary N) is 1. The maximum atomic E-state index is 12.1. The van der Waals surface area contributed by atoms with Crippen LogP contribution in [0.15, 0.2) is 24.3 Å². The summed E-state index contributed by atoms with van der Waals surface area (Å²) in [6.07, 6.45) is -3.64. The van der Waals surface area contributed by atoms with Gasteiger partial charge in [-0.25, -0.2) is 0 Å². The van der Waals surface area contributed by atoms with Gasteiger partial charge in [0.05, 0.1) is 6.10 Å². The van der Waals surface area contributed by atoms with Crippen LogP contribution in [0.4, 0.5) is 13.2 Å². The Morgan fingerprint density at radius 1 is 1.38 bits per heavy atom. The van der Waals surface area contributed by atoms with Crippen LogP contribution in [-0.4, -0.2) is 37.4 Å². The van der Waals surface area contributed by atoms with E-state index in [1.807, 2.05) is 0 Å². The number of carbonyl (C=O) groups is 1. The summed E-state index contributed by atoms with van der Waals surface area (Å²) in [5, 5.41) is 2.70. The van der Waals surface area contributed by atoms with Gasteiger partial charge in [-0.3, -0.25) is 4.79 Å². The number of benzene rings is 1. The molecule has 0 aliphatic carbocycles. The van der Waals surface area contributed by atoms with Gasteiger partial charge in [-0.15, -0.1) is 12.4 Å². The first-order valence-corrected chi connectivity index (χ1v) is 7.29. The van der Waals surface area contributed by atoms with E-state index in [9.17, 15) is 18.0 Å². The Morgan fingerprint density at radius 3 is 2.75 bits per heavy atom. The first kappa shape index (κ1) is 20.5. The molecule has 9 heteroatoms. The van der Waals surface area contributed by atoms with E-state index in [1.165, 1.54) is 12.1 Å². The molecular weight excluding hydrogens is 349 g/mol. The van der Waals surface area contributed by atoms with Crippen molar-refractivity contribution in [2.24, 2.45) is 5.73 Å². The lowest BCUT2D eigenvalue weighted by Crippen LogP contribution is -2.35. The van der Waals surface area contributed by atoms with E-state index in [2.05, 4.69) is 10.1 Å². The average Bonchev–Trinajstić information content (AvgIpc) is 2.99. The van der Waals surface area contributed by atoms with Gasteiger partial charge in [-0.05, 0) is 30.5 Å². The van der Waals surface area contributed by atoms with Crippen molar-refractivity contribution in [2.45, 2.75) is 37.8 Å². The number of rotatable bonds is 6. The summed E-state index contributed by atoms with van der Waals surface area (Å²) in [7, 11) is 0. The first-order chi connectivity index (χ1) is 10.9. The van der Waals surface area contributed by atoms with Crippen LogP contribution in [0.1, 0.15) is 18.4 Å². The molecule has 1 aromatic carbocycles. The fourth-order valence-electron chi connectivity index (χ4n) is 2.29. The lowest BCUT2D eigenvalue weighted by molar-refractivity contribution is -0.153. The number of alkyl halides is 3. The Bertz CT molecular complexity index is 543. The van der Waals surface area contributed by atoms with Gasteiger partial charge in [0, 0.05) is 13.1 Å². The molecule has 1 aliphatic rings. The maximum Gasteiger partial charge on any atom is 0.422 e. The van der Waals surface area contributed by atoms with Crippen molar-refractivity contribution in [2.75, 3.05) is 13.2 Å². The summed E-state index contributed by atoms with van der Waals surface area (Å²) in [6, 6.07) is 6.16. The molecule has 0 unspecified atom stereocenters. The van der Waals surface area contributed by atoms with Crippen molar-refractivity contribution >= 4 is 18.3 Å². The molecule has 0 radical (unpaired) electrons. The molecule has 1 saturated heterocycles. The molecule has 1 amide bonds. The minimum Gasteiger partial charge on any atom is -0.484 e. The average molecular weight is 369 g/mol. The number of hydrogen-bond acceptors (Lipinski definition) is 4.